The highest BCUT2D eigenvalue weighted by Crippen LogP contribution is 2.63. The first-order chi connectivity index (χ1) is 15.8. The van der Waals surface area contributed by atoms with Crippen LogP contribution in [-0.2, 0) is 23.9 Å². The highest BCUT2D eigenvalue weighted by Gasteiger charge is 2.78. The summed E-state index contributed by atoms with van der Waals surface area (Å²) in [7, 11) is 0. The summed E-state index contributed by atoms with van der Waals surface area (Å²) in [4.78, 5) is 44.2. The smallest absolute Gasteiger partial charge is 0.312 e. The van der Waals surface area contributed by atoms with Crippen molar-refractivity contribution >= 4 is 17.8 Å². The fraction of sp³-hybridized carbons (Fsp3) is 0.800. The Hall–Kier alpha value is -1.93. The lowest BCUT2D eigenvalue weighted by Gasteiger charge is -2.37. The number of hydrogen-bond donors (Lipinski definition) is 1. The molecule has 3 saturated heterocycles. The van der Waals surface area contributed by atoms with E-state index in [1.807, 2.05) is 6.92 Å². The minimum atomic E-state index is -1.01. The topological polar surface area (TPSA) is 96.4 Å². The zero-order valence-electron chi connectivity index (χ0n) is 20.4. The van der Waals surface area contributed by atoms with Crippen LogP contribution in [0.1, 0.15) is 65.7 Å². The zero-order chi connectivity index (χ0) is 24.2. The number of carbonyl (C=O) groups excluding carboxylic acids is 3. The number of aliphatic hydroxyl groups is 1. The fourth-order valence-electron chi connectivity index (χ4n) is 6.08. The second kappa shape index (κ2) is 10.6. The molecule has 5 atom stereocenters. The third-order valence-corrected chi connectivity index (χ3v) is 7.55. The molecule has 0 aromatic rings. The van der Waals surface area contributed by atoms with Crippen molar-refractivity contribution in [3.05, 3.63) is 12.7 Å². The molecule has 186 valence electrons. The second-order valence-electron chi connectivity index (χ2n) is 9.72. The van der Waals surface area contributed by atoms with Crippen LogP contribution in [-0.4, -0.2) is 82.8 Å². The Kier molecular flexibility index (Phi) is 8.22. The highest BCUT2D eigenvalue weighted by molar-refractivity contribution is 5.98. The van der Waals surface area contributed by atoms with E-state index in [2.05, 4.69) is 13.5 Å². The van der Waals surface area contributed by atoms with Gasteiger partial charge in [0.05, 0.1) is 18.1 Å². The SMILES string of the molecule is C=CCN(CCCC)C(=O)C1N(CCCCCO)C(=O)[C@@H]2[C@H](C(=O)OCC)[C@]3(C)CCC12O3. The van der Waals surface area contributed by atoms with Gasteiger partial charge in [0.25, 0.3) is 0 Å². The molecule has 0 aromatic carbocycles. The molecule has 3 aliphatic heterocycles. The van der Waals surface area contributed by atoms with Gasteiger partial charge in [-0.2, -0.15) is 0 Å². The van der Waals surface area contributed by atoms with Gasteiger partial charge >= 0.3 is 5.97 Å². The molecule has 0 radical (unpaired) electrons. The number of rotatable bonds is 13. The predicted octanol–water partition coefficient (Wildman–Crippen LogP) is 2.29. The van der Waals surface area contributed by atoms with Crippen LogP contribution in [0.25, 0.3) is 0 Å². The molecule has 3 heterocycles. The van der Waals surface area contributed by atoms with Crippen molar-refractivity contribution in [2.75, 3.05) is 32.8 Å². The monoisotopic (exact) mass is 464 g/mol. The molecule has 1 N–H and O–H groups in total. The van der Waals surface area contributed by atoms with E-state index in [1.165, 1.54) is 0 Å². The molecule has 8 nitrogen and oxygen atoms in total. The lowest BCUT2D eigenvalue weighted by atomic mass is 9.66. The van der Waals surface area contributed by atoms with E-state index >= 15 is 0 Å². The van der Waals surface area contributed by atoms with Crippen molar-refractivity contribution < 1.29 is 29.0 Å². The van der Waals surface area contributed by atoms with Crippen molar-refractivity contribution in [3.63, 3.8) is 0 Å². The van der Waals surface area contributed by atoms with Crippen LogP contribution in [0.4, 0.5) is 0 Å². The maximum absolute atomic E-state index is 14.0. The Balaban J connectivity index is 1.98. The third kappa shape index (κ3) is 4.44. The van der Waals surface area contributed by atoms with Gasteiger partial charge in [-0.3, -0.25) is 14.4 Å². The van der Waals surface area contributed by atoms with Crippen LogP contribution in [0.3, 0.4) is 0 Å². The van der Waals surface area contributed by atoms with Crippen molar-refractivity contribution in [1.29, 1.82) is 0 Å². The predicted molar refractivity (Wildman–Crippen MR) is 123 cm³/mol. The summed E-state index contributed by atoms with van der Waals surface area (Å²) >= 11 is 0. The molecular formula is C25H40N2O6. The van der Waals surface area contributed by atoms with Crippen LogP contribution in [0.15, 0.2) is 12.7 Å². The van der Waals surface area contributed by atoms with E-state index in [-0.39, 0.29) is 25.0 Å². The van der Waals surface area contributed by atoms with E-state index in [9.17, 15) is 14.4 Å². The summed E-state index contributed by atoms with van der Waals surface area (Å²) in [6, 6.07) is -0.762. The molecule has 0 saturated carbocycles. The fourth-order valence-corrected chi connectivity index (χ4v) is 6.08. The number of unbranched alkanes of at least 4 members (excludes halogenated alkanes) is 3. The van der Waals surface area contributed by atoms with E-state index in [1.54, 1.807) is 22.8 Å². The third-order valence-electron chi connectivity index (χ3n) is 7.55. The largest absolute Gasteiger partial charge is 0.466 e. The minimum absolute atomic E-state index is 0.0966. The molecule has 2 unspecified atom stereocenters. The van der Waals surface area contributed by atoms with Gasteiger partial charge in [0, 0.05) is 26.2 Å². The summed E-state index contributed by atoms with van der Waals surface area (Å²) in [6.45, 7) is 11.2. The van der Waals surface area contributed by atoms with Gasteiger partial charge in [-0.15, -0.1) is 6.58 Å². The Morgan fingerprint density at radius 3 is 2.67 bits per heavy atom. The molecule has 2 bridgehead atoms. The molecule has 8 heteroatoms. The van der Waals surface area contributed by atoms with Crippen LogP contribution in [0.5, 0.6) is 0 Å². The van der Waals surface area contributed by atoms with Crippen molar-refractivity contribution in [2.45, 2.75) is 83.0 Å². The van der Waals surface area contributed by atoms with Crippen LogP contribution in [0.2, 0.25) is 0 Å². The van der Waals surface area contributed by atoms with E-state index in [4.69, 9.17) is 14.6 Å². The molecule has 3 fully saturated rings. The number of nitrogens with zero attached hydrogens (tertiary/aromatic N) is 2. The molecule has 0 aliphatic carbocycles. The average molecular weight is 465 g/mol. The highest BCUT2D eigenvalue weighted by atomic mass is 16.6. The summed E-state index contributed by atoms with van der Waals surface area (Å²) < 4.78 is 11.9. The molecule has 0 aromatic heterocycles. The first-order valence-electron chi connectivity index (χ1n) is 12.5. The number of amides is 2. The van der Waals surface area contributed by atoms with Gasteiger partial charge in [0.1, 0.15) is 17.6 Å². The van der Waals surface area contributed by atoms with Crippen LogP contribution >= 0.6 is 0 Å². The number of carbonyl (C=O) groups is 3. The number of hydrogen-bond acceptors (Lipinski definition) is 6. The van der Waals surface area contributed by atoms with Crippen LogP contribution < -0.4 is 0 Å². The second-order valence-corrected chi connectivity index (χ2v) is 9.72. The maximum atomic E-state index is 14.0. The molecular weight excluding hydrogens is 424 g/mol. The lowest BCUT2D eigenvalue weighted by molar-refractivity contribution is -0.160. The zero-order valence-corrected chi connectivity index (χ0v) is 20.4. The number of ether oxygens (including phenoxy) is 2. The number of esters is 1. The lowest BCUT2D eigenvalue weighted by Crippen LogP contribution is -2.56. The molecule has 33 heavy (non-hydrogen) atoms. The maximum Gasteiger partial charge on any atom is 0.312 e. The standard InChI is InChI=1S/C25H40N2O6/c1-5-8-15-26(14-6-2)22(30)20-25-13-12-24(4,33-25)19(23(31)32-7-3)18(25)21(29)27(20)16-10-9-11-17-28/h6,18-20,28H,2,5,7-17H2,1,3-4H3/t18-,19+,20?,24-,25?/m0/s1. The normalized spacial score (nSPS) is 32.2. The molecule has 2 amide bonds. The van der Waals surface area contributed by atoms with E-state index in [0.717, 1.165) is 19.3 Å². The van der Waals surface area contributed by atoms with Gasteiger partial charge < -0.3 is 24.4 Å². The first-order valence-corrected chi connectivity index (χ1v) is 12.5. The summed E-state index contributed by atoms with van der Waals surface area (Å²) in [5, 5.41) is 9.13. The molecule has 3 aliphatic rings. The number of fused-ring (bicyclic) bond motifs is 1. The van der Waals surface area contributed by atoms with E-state index in [0.29, 0.717) is 45.3 Å². The quantitative estimate of drug-likeness (QED) is 0.255. The minimum Gasteiger partial charge on any atom is -0.466 e. The van der Waals surface area contributed by atoms with Gasteiger partial charge in [0.15, 0.2) is 0 Å². The summed E-state index contributed by atoms with van der Waals surface area (Å²) in [6.07, 6.45) is 6.77. The van der Waals surface area contributed by atoms with Gasteiger partial charge in [-0.1, -0.05) is 19.4 Å². The van der Waals surface area contributed by atoms with Gasteiger partial charge in [0.2, 0.25) is 11.8 Å². The van der Waals surface area contributed by atoms with E-state index < -0.39 is 35.0 Å². The van der Waals surface area contributed by atoms with Gasteiger partial charge in [-0.25, -0.2) is 0 Å². The number of likely N-dealkylation sites (tertiary alicyclic amines) is 1. The number of aliphatic hydroxyl groups excluding tert-OH is 1. The van der Waals surface area contributed by atoms with Crippen molar-refractivity contribution in [3.8, 4) is 0 Å². The molecule has 3 rings (SSSR count). The Morgan fingerprint density at radius 1 is 1.27 bits per heavy atom. The average Bonchev–Trinajstić information content (AvgIpc) is 3.35. The Morgan fingerprint density at radius 2 is 2.03 bits per heavy atom. The Labute approximate surface area is 197 Å². The first kappa shape index (κ1) is 25.7. The van der Waals surface area contributed by atoms with Crippen molar-refractivity contribution in [1.82, 2.24) is 9.80 Å². The summed E-state index contributed by atoms with van der Waals surface area (Å²) in [5.74, 6) is -2.15. The van der Waals surface area contributed by atoms with Gasteiger partial charge in [-0.05, 0) is 52.4 Å². The van der Waals surface area contributed by atoms with Crippen molar-refractivity contribution in [2.24, 2.45) is 11.8 Å². The summed E-state index contributed by atoms with van der Waals surface area (Å²) in [5.41, 5.74) is -1.82. The molecule has 1 spiro atoms. The Bertz CT molecular complexity index is 757. The van der Waals surface area contributed by atoms with Crippen LogP contribution in [0, 0.1) is 11.8 Å².